The highest BCUT2D eigenvalue weighted by molar-refractivity contribution is 6.46. The van der Waals surface area contributed by atoms with Crippen LogP contribution in [0.3, 0.4) is 0 Å². The third kappa shape index (κ3) is 6.28. The number of ketones is 1. The number of aromatic nitrogens is 1. The highest BCUT2D eigenvalue weighted by atomic mass is 35.5. The number of likely N-dealkylation sites (N-methyl/N-ethyl adjacent to an activating group) is 1. The number of Topliss-reactive ketones (excluding diaryl/α,β-unsaturated/α-hetero) is 1. The van der Waals surface area contributed by atoms with Crippen molar-refractivity contribution in [3.8, 4) is 5.75 Å². The molecule has 1 atom stereocenters. The van der Waals surface area contributed by atoms with Crippen molar-refractivity contribution in [2.75, 3.05) is 7.05 Å². The molecule has 8 nitrogen and oxygen atoms in total. The number of carboxylic acids is 1. The van der Waals surface area contributed by atoms with Gasteiger partial charge >= 0.3 is 12.1 Å². The van der Waals surface area contributed by atoms with Gasteiger partial charge in [0.2, 0.25) is 0 Å². The van der Waals surface area contributed by atoms with Crippen molar-refractivity contribution >= 4 is 35.0 Å². The van der Waals surface area contributed by atoms with E-state index < -0.39 is 24.0 Å². The minimum atomic E-state index is -5.08. The molecule has 33 heavy (non-hydrogen) atoms. The van der Waals surface area contributed by atoms with E-state index in [0.717, 1.165) is 11.3 Å². The van der Waals surface area contributed by atoms with Crippen molar-refractivity contribution in [2.24, 2.45) is 5.10 Å². The summed E-state index contributed by atoms with van der Waals surface area (Å²) in [6.45, 7) is 3.62. The van der Waals surface area contributed by atoms with Gasteiger partial charge in [0.1, 0.15) is 24.0 Å². The van der Waals surface area contributed by atoms with Crippen LogP contribution in [-0.4, -0.2) is 51.7 Å². The van der Waals surface area contributed by atoms with Crippen LogP contribution in [0.25, 0.3) is 0 Å². The van der Waals surface area contributed by atoms with Crippen molar-refractivity contribution in [1.82, 2.24) is 9.99 Å². The van der Waals surface area contributed by atoms with Crippen LogP contribution in [0.15, 0.2) is 41.6 Å². The smallest absolute Gasteiger partial charge is 0.487 e. The number of amides is 1. The Kier molecular flexibility index (Phi) is 8.15. The Morgan fingerprint density at radius 1 is 1.21 bits per heavy atom. The fraction of sp³-hybridized carbons (Fsp3) is 0.286. The first kappa shape index (κ1) is 25.8. The maximum atomic E-state index is 12.7. The summed E-state index contributed by atoms with van der Waals surface area (Å²) in [4.78, 5) is 38.4. The van der Waals surface area contributed by atoms with E-state index in [0.29, 0.717) is 16.3 Å². The minimum Gasteiger partial charge on any atom is -0.487 e. The fourth-order valence-corrected chi connectivity index (χ4v) is 3.12. The number of nitrogens with zero attached hydrogens (tertiary/aromatic N) is 3. The first-order valence-corrected chi connectivity index (χ1v) is 9.71. The number of carbonyl (C=O) groups excluding carboxylic acids is 2. The van der Waals surface area contributed by atoms with E-state index in [1.165, 1.54) is 12.1 Å². The van der Waals surface area contributed by atoms with Gasteiger partial charge in [0.15, 0.2) is 5.78 Å². The number of carbonyl (C=O) groups is 3. The van der Waals surface area contributed by atoms with Crippen LogP contribution in [0.1, 0.15) is 29.7 Å². The predicted octanol–water partition coefficient (Wildman–Crippen LogP) is 3.76. The molecule has 3 rings (SSSR count). The van der Waals surface area contributed by atoms with Crippen molar-refractivity contribution in [3.05, 3.63) is 58.4 Å². The number of alkyl halides is 3. The Hall–Kier alpha value is -3.47. The number of aliphatic carboxylic acids is 1. The highest BCUT2D eigenvalue weighted by Gasteiger charge is 2.40. The molecular formula is C21H19ClF3N3O5. The Labute approximate surface area is 191 Å². The van der Waals surface area contributed by atoms with Crippen LogP contribution >= 0.6 is 11.6 Å². The zero-order valence-corrected chi connectivity index (χ0v) is 18.4. The van der Waals surface area contributed by atoms with E-state index in [9.17, 15) is 22.8 Å². The lowest BCUT2D eigenvalue weighted by Crippen LogP contribution is -2.41. The standard InChI is InChI=1S/C19H18ClN3O3.C2HF3O2/c1-11-7-8-14(20)15(16-17(24)12(2)22-23(3)19(16)25)18(11)26-10-13-6-4-5-9-21-13;3-2(4,5)1(6)7/h4-9,16H,10H2,1-3H3;(H,6,7). The van der Waals surface area contributed by atoms with Gasteiger partial charge < -0.3 is 9.84 Å². The number of ether oxygens (including phenoxy) is 1. The van der Waals surface area contributed by atoms with E-state index in [-0.39, 0.29) is 18.1 Å². The summed E-state index contributed by atoms with van der Waals surface area (Å²) in [5.41, 5.74) is 2.14. The molecule has 0 spiro atoms. The largest absolute Gasteiger partial charge is 0.490 e. The van der Waals surface area contributed by atoms with Gasteiger partial charge in [-0.05, 0) is 37.6 Å². The van der Waals surface area contributed by atoms with Crippen molar-refractivity contribution < 1.29 is 37.4 Å². The van der Waals surface area contributed by atoms with Gasteiger partial charge in [-0.2, -0.15) is 18.3 Å². The Bertz CT molecular complexity index is 1090. The second kappa shape index (κ2) is 10.4. The number of rotatable bonds is 4. The average molecular weight is 486 g/mol. The Morgan fingerprint density at radius 3 is 2.39 bits per heavy atom. The van der Waals surface area contributed by atoms with E-state index in [2.05, 4.69) is 10.1 Å². The van der Waals surface area contributed by atoms with Gasteiger partial charge in [-0.25, -0.2) is 9.80 Å². The Balaban J connectivity index is 0.000000479. The molecule has 1 aliphatic rings. The number of carboxylic acid groups (broad SMARTS) is 1. The summed E-state index contributed by atoms with van der Waals surface area (Å²) in [5, 5.41) is 12.6. The SMILES string of the molecule is CC1=NN(C)C(=O)C(c2c(Cl)ccc(C)c2OCc2ccccn2)C1=O.O=C(O)C(F)(F)F. The van der Waals surface area contributed by atoms with Crippen molar-refractivity contribution in [3.63, 3.8) is 0 Å². The number of aryl methyl sites for hydroxylation is 1. The average Bonchev–Trinajstić information content (AvgIpc) is 2.74. The van der Waals surface area contributed by atoms with Crippen molar-refractivity contribution in [1.29, 1.82) is 0 Å². The molecule has 0 radical (unpaired) electrons. The fourth-order valence-electron chi connectivity index (χ4n) is 2.86. The predicted molar refractivity (Wildman–Crippen MR) is 112 cm³/mol. The number of benzene rings is 1. The van der Waals surface area contributed by atoms with E-state index >= 15 is 0 Å². The van der Waals surface area contributed by atoms with E-state index in [1.54, 1.807) is 25.3 Å². The molecule has 176 valence electrons. The molecular weight excluding hydrogens is 467 g/mol. The lowest BCUT2D eigenvalue weighted by molar-refractivity contribution is -0.192. The summed E-state index contributed by atoms with van der Waals surface area (Å²) in [7, 11) is 1.52. The van der Waals surface area contributed by atoms with Crippen LogP contribution in [0.5, 0.6) is 5.75 Å². The van der Waals surface area contributed by atoms with Crippen molar-refractivity contribution in [2.45, 2.75) is 32.5 Å². The summed E-state index contributed by atoms with van der Waals surface area (Å²) in [6, 6.07) is 8.97. The second-order valence-corrected chi connectivity index (χ2v) is 7.27. The summed E-state index contributed by atoms with van der Waals surface area (Å²) < 4.78 is 37.7. The van der Waals surface area contributed by atoms with E-state index in [4.69, 9.17) is 26.2 Å². The summed E-state index contributed by atoms with van der Waals surface area (Å²) in [6.07, 6.45) is -3.41. The molecule has 0 fully saturated rings. The molecule has 0 saturated heterocycles. The summed E-state index contributed by atoms with van der Waals surface area (Å²) in [5.74, 6) is -4.20. The number of hydrogen-bond acceptors (Lipinski definition) is 6. The zero-order valence-electron chi connectivity index (χ0n) is 17.7. The first-order valence-electron chi connectivity index (χ1n) is 9.33. The monoisotopic (exact) mass is 485 g/mol. The first-order chi connectivity index (χ1) is 15.3. The molecule has 2 aromatic rings. The highest BCUT2D eigenvalue weighted by Crippen LogP contribution is 2.39. The van der Waals surface area contributed by atoms with Gasteiger partial charge in [-0.15, -0.1) is 0 Å². The molecule has 1 amide bonds. The third-order valence-corrected chi connectivity index (χ3v) is 4.78. The third-order valence-electron chi connectivity index (χ3n) is 4.45. The molecule has 1 aromatic carbocycles. The van der Waals surface area contributed by atoms with Gasteiger partial charge in [0.05, 0.1) is 5.69 Å². The topological polar surface area (TPSA) is 109 Å². The van der Waals surface area contributed by atoms with Gasteiger partial charge in [0.25, 0.3) is 5.91 Å². The van der Waals surface area contributed by atoms with Crippen LogP contribution in [0.2, 0.25) is 5.02 Å². The maximum Gasteiger partial charge on any atom is 0.490 e. The van der Waals surface area contributed by atoms with Crippen LogP contribution in [0, 0.1) is 6.92 Å². The molecule has 0 saturated carbocycles. The van der Waals surface area contributed by atoms with Gasteiger partial charge in [-0.3, -0.25) is 14.6 Å². The van der Waals surface area contributed by atoms with Gasteiger partial charge in [0, 0.05) is 23.8 Å². The lowest BCUT2D eigenvalue weighted by Gasteiger charge is -2.27. The van der Waals surface area contributed by atoms with E-state index in [1.807, 2.05) is 25.1 Å². The summed E-state index contributed by atoms with van der Waals surface area (Å²) >= 11 is 6.38. The molecule has 1 aliphatic heterocycles. The molecule has 1 N–H and O–H groups in total. The maximum absolute atomic E-state index is 12.7. The van der Waals surface area contributed by atoms with Crippen LogP contribution in [0.4, 0.5) is 13.2 Å². The van der Waals surface area contributed by atoms with Crippen LogP contribution in [-0.2, 0) is 21.0 Å². The second-order valence-electron chi connectivity index (χ2n) is 6.86. The number of hydrazone groups is 1. The molecule has 1 aromatic heterocycles. The van der Waals surface area contributed by atoms with Crippen LogP contribution < -0.4 is 4.74 Å². The minimum absolute atomic E-state index is 0.201. The molecule has 2 heterocycles. The number of hydrogen-bond donors (Lipinski definition) is 1. The molecule has 12 heteroatoms. The quantitative estimate of drug-likeness (QED) is 0.660. The normalized spacial score (nSPS) is 16.0. The number of halogens is 4. The number of pyridine rings is 1. The zero-order chi connectivity index (χ0) is 24.9. The molecule has 1 unspecified atom stereocenters. The molecule has 0 bridgehead atoms. The molecule has 0 aliphatic carbocycles. The lowest BCUT2D eigenvalue weighted by atomic mass is 9.88. The van der Waals surface area contributed by atoms with Gasteiger partial charge in [-0.1, -0.05) is 23.7 Å². The Morgan fingerprint density at radius 2 is 1.85 bits per heavy atom.